The van der Waals surface area contributed by atoms with Crippen molar-refractivity contribution in [1.82, 2.24) is 5.32 Å². The molecular formula is C45H89NO4. The summed E-state index contributed by atoms with van der Waals surface area (Å²) in [4.78, 5) is 12.5. The van der Waals surface area contributed by atoms with Gasteiger partial charge in [0.15, 0.2) is 0 Å². The Hall–Kier alpha value is -0.910. The van der Waals surface area contributed by atoms with Gasteiger partial charge in [0.25, 0.3) is 0 Å². The SMILES string of the molecule is CCCCCCCCCCCC/C=C\CCCCCCCCC(O)C(=O)NC(CO)C(O)CCCCCCCCCCCCCCCCCC. The van der Waals surface area contributed by atoms with E-state index in [0.717, 1.165) is 32.1 Å². The molecular weight excluding hydrogens is 618 g/mol. The molecule has 0 bridgehead atoms. The second kappa shape index (κ2) is 40.9. The predicted molar refractivity (Wildman–Crippen MR) is 218 cm³/mol. The summed E-state index contributed by atoms with van der Waals surface area (Å²) in [7, 11) is 0. The monoisotopic (exact) mass is 708 g/mol. The maximum atomic E-state index is 12.5. The summed E-state index contributed by atoms with van der Waals surface area (Å²) in [5, 5.41) is 33.3. The molecule has 0 aromatic rings. The lowest BCUT2D eigenvalue weighted by Crippen LogP contribution is -2.49. The molecule has 0 rings (SSSR count). The van der Waals surface area contributed by atoms with Crippen molar-refractivity contribution in [2.24, 2.45) is 0 Å². The number of carbonyl (C=O) groups is 1. The highest BCUT2D eigenvalue weighted by Crippen LogP contribution is 2.16. The summed E-state index contributed by atoms with van der Waals surface area (Å²) in [5.41, 5.74) is 0. The summed E-state index contributed by atoms with van der Waals surface area (Å²) in [6.45, 7) is 4.24. The van der Waals surface area contributed by atoms with Crippen LogP contribution in [-0.4, -0.2) is 46.1 Å². The number of aliphatic hydroxyl groups excluding tert-OH is 3. The molecule has 3 unspecified atom stereocenters. The first kappa shape index (κ1) is 49.1. The first-order chi connectivity index (χ1) is 24.6. The Morgan fingerprint density at radius 2 is 0.760 bits per heavy atom. The van der Waals surface area contributed by atoms with Crippen LogP contribution in [0.3, 0.4) is 0 Å². The first-order valence-corrected chi connectivity index (χ1v) is 22.5. The number of aliphatic hydroxyl groups is 3. The van der Waals surface area contributed by atoms with E-state index in [9.17, 15) is 20.1 Å². The van der Waals surface area contributed by atoms with Crippen LogP contribution in [0.1, 0.15) is 245 Å². The van der Waals surface area contributed by atoms with Crippen LogP contribution in [0.5, 0.6) is 0 Å². The van der Waals surface area contributed by atoms with Gasteiger partial charge in [-0.1, -0.05) is 219 Å². The Morgan fingerprint density at radius 3 is 1.10 bits per heavy atom. The van der Waals surface area contributed by atoms with Crippen molar-refractivity contribution in [1.29, 1.82) is 0 Å². The molecule has 0 aliphatic rings. The molecule has 0 radical (unpaired) electrons. The fourth-order valence-corrected chi connectivity index (χ4v) is 7.07. The molecule has 5 nitrogen and oxygen atoms in total. The Balaban J connectivity index is 3.61. The number of hydrogen-bond donors (Lipinski definition) is 4. The third-order valence-corrected chi connectivity index (χ3v) is 10.6. The minimum absolute atomic E-state index is 0.313. The number of amides is 1. The summed E-state index contributed by atoms with van der Waals surface area (Å²) in [5.74, 6) is -0.473. The molecule has 0 aromatic heterocycles. The normalized spacial score (nSPS) is 13.6. The third-order valence-electron chi connectivity index (χ3n) is 10.6. The van der Waals surface area contributed by atoms with Gasteiger partial charge in [0.05, 0.1) is 18.8 Å². The zero-order valence-electron chi connectivity index (χ0n) is 33.8. The number of rotatable bonds is 41. The molecule has 3 atom stereocenters. The molecule has 5 heteroatoms. The van der Waals surface area contributed by atoms with Gasteiger partial charge >= 0.3 is 0 Å². The van der Waals surface area contributed by atoms with Crippen LogP contribution in [0.2, 0.25) is 0 Å². The van der Waals surface area contributed by atoms with Gasteiger partial charge in [0.1, 0.15) is 6.10 Å². The summed E-state index contributed by atoms with van der Waals surface area (Å²) in [6.07, 6.45) is 47.8. The molecule has 0 saturated heterocycles. The van der Waals surface area contributed by atoms with E-state index < -0.39 is 24.2 Å². The second-order valence-electron chi connectivity index (χ2n) is 15.6. The topological polar surface area (TPSA) is 89.8 Å². The highest BCUT2D eigenvalue weighted by Gasteiger charge is 2.23. The van der Waals surface area contributed by atoms with Crippen LogP contribution in [0.4, 0.5) is 0 Å². The van der Waals surface area contributed by atoms with Crippen LogP contribution in [0, 0.1) is 0 Å². The first-order valence-electron chi connectivity index (χ1n) is 22.5. The Kier molecular flexibility index (Phi) is 40.1. The van der Waals surface area contributed by atoms with E-state index in [0.29, 0.717) is 12.8 Å². The number of carbonyl (C=O) groups excluding carboxylic acids is 1. The van der Waals surface area contributed by atoms with Crippen LogP contribution in [0.15, 0.2) is 12.2 Å². The standard InChI is InChI=1S/C45H89NO4/c1-3-5-7-9-11-13-15-17-19-21-22-23-24-26-28-30-32-34-36-38-40-44(49)45(50)46-42(41-47)43(48)39-37-35-33-31-29-27-25-20-18-16-14-12-10-8-6-4-2/h23-24,42-44,47-49H,3-22,25-41H2,1-2H3,(H,46,50)/b24-23-. The Morgan fingerprint density at radius 1 is 0.460 bits per heavy atom. The minimum atomic E-state index is -1.08. The van der Waals surface area contributed by atoms with Crippen molar-refractivity contribution >= 4 is 5.91 Å². The molecule has 4 N–H and O–H groups in total. The van der Waals surface area contributed by atoms with Gasteiger partial charge in [-0.2, -0.15) is 0 Å². The summed E-state index contributed by atoms with van der Waals surface area (Å²) < 4.78 is 0. The molecule has 298 valence electrons. The Bertz CT molecular complexity index is 699. The zero-order valence-corrected chi connectivity index (χ0v) is 33.8. The lowest BCUT2D eigenvalue weighted by Gasteiger charge is -2.23. The van der Waals surface area contributed by atoms with Crippen molar-refractivity contribution in [3.63, 3.8) is 0 Å². The van der Waals surface area contributed by atoms with Crippen molar-refractivity contribution in [3.05, 3.63) is 12.2 Å². The van der Waals surface area contributed by atoms with Crippen molar-refractivity contribution in [3.8, 4) is 0 Å². The van der Waals surface area contributed by atoms with E-state index in [2.05, 4.69) is 31.3 Å². The van der Waals surface area contributed by atoms with Gasteiger partial charge in [0.2, 0.25) is 5.91 Å². The van der Waals surface area contributed by atoms with Crippen LogP contribution < -0.4 is 5.32 Å². The molecule has 0 spiro atoms. The average Bonchev–Trinajstić information content (AvgIpc) is 3.12. The summed E-state index contributed by atoms with van der Waals surface area (Å²) >= 11 is 0. The van der Waals surface area contributed by atoms with E-state index in [1.807, 2.05) is 0 Å². The zero-order chi connectivity index (χ0) is 36.6. The van der Waals surface area contributed by atoms with E-state index >= 15 is 0 Å². The maximum absolute atomic E-state index is 12.5. The number of unbranched alkanes of at least 4 members (excludes halogenated alkanes) is 31. The van der Waals surface area contributed by atoms with Gasteiger partial charge in [-0.15, -0.1) is 0 Å². The molecule has 0 aliphatic carbocycles. The van der Waals surface area contributed by atoms with Gasteiger partial charge in [-0.3, -0.25) is 4.79 Å². The molecule has 0 aromatic carbocycles. The van der Waals surface area contributed by atoms with Gasteiger partial charge in [-0.05, 0) is 38.5 Å². The fraction of sp³-hybridized carbons (Fsp3) is 0.933. The maximum Gasteiger partial charge on any atom is 0.249 e. The van der Waals surface area contributed by atoms with Gasteiger partial charge in [0, 0.05) is 0 Å². The largest absolute Gasteiger partial charge is 0.394 e. The number of hydrogen-bond acceptors (Lipinski definition) is 4. The minimum Gasteiger partial charge on any atom is -0.394 e. The van der Waals surface area contributed by atoms with E-state index in [-0.39, 0.29) is 6.61 Å². The van der Waals surface area contributed by atoms with Crippen LogP contribution in [0.25, 0.3) is 0 Å². The van der Waals surface area contributed by atoms with Crippen LogP contribution >= 0.6 is 0 Å². The number of nitrogens with one attached hydrogen (secondary N) is 1. The fourth-order valence-electron chi connectivity index (χ4n) is 7.07. The lowest BCUT2D eigenvalue weighted by atomic mass is 10.0. The highest BCUT2D eigenvalue weighted by atomic mass is 16.3. The molecule has 0 heterocycles. The van der Waals surface area contributed by atoms with E-state index in [4.69, 9.17) is 0 Å². The second-order valence-corrected chi connectivity index (χ2v) is 15.6. The third kappa shape index (κ3) is 35.5. The molecule has 50 heavy (non-hydrogen) atoms. The van der Waals surface area contributed by atoms with Gasteiger partial charge < -0.3 is 20.6 Å². The Labute approximate surface area is 312 Å². The number of allylic oxidation sites excluding steroid dienone is 2. The lowest BCUT2D eigenvalue weighted by molar-refractivity contribution is -0.131. The van der Waals surface area contributed by atoms with Crippen molar-refractivity contribution < 1.29 is 20.1 Å². The average molecular weight is 708 g/mol. The quantitative estimate of drug-likeness (QED) is 0.0376. The van der Waals surface area contributed by atoms with Crippen molar-refractivity contribution in [2.75, 3.05) is 6.61 Å². The summed E-state index contributed by atoms with van der Waals surface area (Å²) in [6, 6.07) is -0.711. The molecule has 0 fully saturated rings. The highest BCUT2D eigenvalue weighted by molar-refractivity contribution is 5.80. The van der Waals surface area contributed by atoms with Gasteiger partial charge in [-0.25, -0.2) is 0 Å². The van der Waals surface area contributed by atoms with Crippen LogP contribution in [-0.2, 0) is 4.79 Å². The smallest absolute Gasteiger partial charge is 0.249 e. The molecule has 0 saturated carbocycles. The van der Waals surface area contributed by atoms with E-state index in [1.165, 1.54) is 186 Å². The predicted octanol–water partition coefficient (Wildman–Crippen LogP) is 12.8. The van der Waals surface area contributed by atoms with Crippen molar-refractivity contribution in [2.45, 2.75) is 263 Å². The molecule has 1 amide bonds. The molecule has 0 aliphatic heterocycles. The van der Waals surface area contributed by atoms with E-state index in [1.54, 1.807) is 0 Å².